The number of hydrogen-bond acceptors (Lipinski definition) is 7. The van der Waals surface area contributed by atoms with E-state index in [0.717, 1.165) is 45.6 Å². The molecule has 1 heterocycles. The summed E-state index contributed by atoms with van der Waals surface area (Å²) in [6.45, 7) is 13.3. The van der Waals surface area contributed by atoms with Gasteiger partial charge in [0, 0.05) is 48.6 Å². The molecule has 0 aromatic heterocycles. The highest BCUT2D eigenvalue weighted by atomic mass is 16.5. The summed E-state index contributed by atoms with van der Waals surface area (Å²) in [6, 6.07) is 16.7. The Labute approximate surface area is 242 Å². The minimum atomic E-state index is -0.356. The van der Waals surface area contributed by atoms with Crippen LogP contribution in [0.2, 0.25) is 0 Å². The predicted octanol–water partition coefficient (Wildman–Crippen LogP) is 3.08. The number of nitriles is 2. The van der Waals surface area contributed by atoms with Gasteiger partial charge in [-0.25, -0.2) is 0 Å². The van der Waals surface area contributed by atoms with E-state index in [4.69, 9.17) is 10.5 Å². The molecule has 2 fully saturated rings. The molecule has 2 aromatic rings. The molecule has 9 heteroatoms. The highest BCUT2D eigenvalue weighted by Gasteiger charge is 2.64. The Morgan fingerprint density at radius 1 is 0.951 bits per heavy atom. The molecule has 9 nitrogen and oxygen atoms in total. The molecule has 1 saturated heterocycles. The van der Waals surface area contributed by atoms with Gasteiger partial charge in [-0.15, -0.1) is 0 Å². The molecular formula is C32H40N6O3. The van der Waals surface area contributed by atoms with Crippen molar-refractivity contribution in [2.75, 3.05) is 39.3 Å². The van der Waals surface area contributed by atoms with Crippen LogP contribution in [0.15, 0.2) is 42.5 Å². The Balaban J connectivity index is 1.28. The first kappa shape index (κ1) is 30.0. The molecule has 2 amide bonds. The van der Waals surface area contributed by atoms with Gasteiger partial charge in [0.25, 0.3) is 5.91 Å². The van der Waals surface area contributed by atoms with Crippen molar-refractivity contribution in [2.24, 2.45) is 16.6 Å². The zero-order valence-corrected chi connectivity index (χ0v) is 24.4. The number of nitrogens with zero attached hydrogens (tertiary/aromatic N) is 4. The first-order valence-corrected chi connectivity index (χ1v) is 14.2. The summed E-state index contributed by atoms with van der Waals surface area (Å²) in [5.74, 6) is 0.155. The maximum absolute atomic E-state index is 13.2. The van der Waals surface area contributed by atoms with E-state index in [2.05, 4.69) is 48.9 Å². The summed E-state index contributed by atoms with van der Waals surface area (Å²) in [7, 11) is 0. The molecule has 4 rings (SSSR count). The van der Waals surface area contributed by atoms with Gasteiger partial charge in [-0.2, -0.15) is 10.5 Å². The number of aryl methyl sites for hydroxylation is 1. The van der Waals surface area contributed by atoms with Crippen LogP contribution in [0, 0.1) is 33.5 Å². The SMILES string of the molecule is CC1(C)[C@H](NC(=O)c2ccc(CCCN3CCN(CC(N)=O)CC3)cc2)C(C)(C)[C@H]1Oc1ccc(C#N)c(C#N)c1. The molecule has 0 unspecified atom stereocenters. The summed E-state index contributed by atoms with van der Waals surface area (Å²) in [6.07, 6.45) is 1.77. The van der Waals surface area contributed by atoms with Gasteiger partial charge in [-0.1, -0.05) is 39.8 Å². The molecule has 0 bridgehead atoms. The molecule has 0 radical (unpaired) electrons. The first-order valence-electron chi connectivity index (χ1n) is 14.2. The fourth-order valence-electron chi connectivity index (χ4n) is 6.66. The van der Waals surface area contributed by atoms with Crippen LogP contribution in [0.5, 0.6) is 5.75 Å². The third-order valence-electron chi connectivity index (χ3n) is 8.60. The molecule has 1 saturated carbocycles. The fraction of sp³-hybridized carbons (Fsp3) is 0.500. The van der Waals surface area contributed by atoms with Crippen molar-refractivity contribution in [3.8, 4) is 17.9 Å². The molecule has 3 N–H and O–H groups in total. The van der Waals surface area contributed by atoms with Crippen molar-refractivity contribution in [3.63, 3.8) is 0 Å². The quantitative estimate of drug-likeness (QED) is 0.459. The molecule has 216 valence electrons. The van der Waals surface area contributed by atoms with Crippen LogP contribution in [0.25, 0.3) is 0 Å². The van der Waals surface area contributed by atoms with E-state index in [-0.39, 0.29) is 40.4 Å². The maximum atomic E-state index is 13.2. The number of piperazine rings is 1. The number of benzene rings is 2. The minimum Gasteiger partial charge on any atom is -0.489 e. The molecule has 41 heavy (non-hydrogen) atoms. The number of primary amides is 1. The number of nitrogens with two attached hydrogens (primary N) is 1. The molecule has 1 aliphatic carbocycles. The fourth-order valence-corrected chi connectivity index (χ4v) is 6.66. The molecule has 2 aromatic carbocycles. The second-order valence-corrected chi connectivity index (χ2v) is 12.4. The van der Waals surface area contributed by atoms with Gasteiger partial charge in [0.1, 0.15) is 24.0 Å². The van der Waals surface area contributed by atoms with Gasteiger partial charge in [0.2, 0.25) is 5.91 Å². The molecular weight excluding hydrogens is 516 g/mol. The average Bonchev–Trinajstić information content (AvgIpc) is 2.95. The Morgan fingerprint density at radius 2 is 1.56 bits per heavy atom. The lowest BCUT2D eigenvalue weighted by Gasteiger charge is -2.63. The monoisotopic (exact) mass is 556 g/mol. The van der Waals surface area contributed by atoms with Crippen LogP contribution >= 0.6 is 0 Å². The highest BCUT2D eigenvalue weighted by Crippen LogP contribution is 2.55. The lowest BCUT2D eigenvalue weighted by atomic mass is 9.49. The third kappa shape index (κ3) is 6.70. The normalized spacial score (nSPS) is 21.6. The summed E-state index contributed by atoms with van der Waals surface area (Å²) in [4.78, 5) is 28.8. The summed E-state index contributed by atoms with van der Waals surface area (Å²) in [5.41, 5.74) is 7.01. The summed E-state index contributed by atoms with van der Waals surface area (Å²) < 4.78 is 6.32. The second-order valence-electron chi connectivity index (χ2n) is 12.4. The van der Waals surface area contributed by atoms with Crippen LogP contribution in [-0.4, -0.2) is 73.0 Å². The van der Waals surface area contributed by atoms with Crippen LogP contribution < -0.4 is 15.8 Å². The number of rotatable bonds is 10. The maximum Gasteiger partial charge on any atom is 0.251 e. The van der Waals surface area contributed by atoms with Crippen LogP contribution in [0.3, 0.4) is 0 Å². The standard InChI is InChI=1S/C32H40N6O3/c1-31(2)29(32(3,4)30(31)41-26-12-11-24(19-33)25(18-26)20-34)36-28(40)23-9-7-22(8-10-23)6-5-13-37-14-16-38(17-15-37)21-27(35)39/h7-12,18,29-30H,5-6,13-17,21H2,1-4H3,(H2,35,39)(H,36,40)/t29-,30-. The van der Waals surface area contributed by atoms with Gasteiger partial charge < -0.3 is 20.7 Å². The van der Waals surface area contributed by atoms with Crippen molar-refractivity contribution >= 4 is 11.8 Å². The van der Waals surface area contributed by atoms with E-state index < -0.39 is 0 Å². The minimum absolute atomic E-state index is 0.111. The summed E-state index contributed by atoms with van der Waals surface area (Å²) in [5, 5.41) is 21.8. The van der Waals surface area contributed by atoms with Crippen molar-refractivity contribution in [2.45, 2.75) is 52.7 Å². The van der Waals surface area contributed by atoms with Gasteiger partial charge in [0.15, 0.2) is 0 Å². The lowest BCUT2D eigenvalue weighted by molar-refractivity contribution is -0.164. The molecule has 2 aliphatic rings. The smallest absolute Gasteiger partial charge is 0.251 e. The van der Waals surface area contributed by atoms with Crippen LogP contribution in [-0.2, 0) is 11.2 Å². The predicted molar refractivity (Wildman–Crippen MR) is 156 cm³/mol. The van der Waals surface area contributed by atoms with Crippen molar-refractivity contribution in [3.05, 3.63) is 64.7 Å². The topological polar surface area (TPSA) is 135 Å². The molecule has 1 aliphatic heterocycles. The Bertz CT molecular complexity index is 1330. The van der Waals surface area contributed by atoms with Crippen molar-refractivity contribution in [1.29, 1.82) is 10.5 Å². The zero-order chi connectivity index (χ0) is 29.8. The Hall–Kier alpha value is -3.92. The number of carbonyl (C=O) groups excluding carboxylic acids is 2. The van der Waals surface area contributed by atoms with Gasteiger partial charge in [-0.05, 0) is 55.3 Å². The van der Waals surface area contributed by atoms with Crippen LogP contribution in [0.4, 0.5) is 0 Å². The van der Waals surface area contributed by atoms with Gasteiger partial charge >= 0.3 is 0 Å². The van der Waals surface area contributed by atoms with E-state index >= 15 is 0 Å². The van der Waals surface area contributed by atoms with Crippen LogP contribution in [0.1, 0.15) is 61.2 Å². The zero-order valence-electron chi connectivity index (χ0n) is 24.4. The van der Waals surface area contributed by atoms with Gasteiger partial charge in [0.05, 0.1) is 17.7 Å². The highest BCUT2D eigenvalue weighted by molar-refractivity contribution is 5.94. The lowest BCUT2D eigenvalue weighted by Crippen LogP contribution is -2.74. The van der Waals surface area contributed by atoms with Crippen molar-refractivity contribution < 1.29 is 14.3 Å². The third-order valence-corrected chi connectivity index (χ3v) is 8.60. The number of hydrogen-bond donors (Lipinski definition) is 2. The van der Waals surface area contributed by atoms with E-state index in [9.17, 15) is 20.1 Å². The number of ether oxygens (including phenoxy) is 1. The van der Waals surface area contributed by atoms with E-state index in [1.165, 1.54) is 5.56 Å². The van der Waals surface area contributed by atoms with E-state index in [0.29, 0.717) is 23.4 Å². The number of amides is 2. The first-order chi connectivity index (χ1) is 19.4. The molecule has 0 atom stereocenters. The second kappa shape index (κ2) is 12.3. The largest absolute Gasteiger partial charge is 0.489 e. The summed E-state index contributed by atoms with van der Waals surface area (Å²) >= 11 is 0. The van der Waals surface area contributed by atoms with E-state index in [1.807, 2.05) is 30.3 Å². The van der Waals surface area contributed by atoms with Crippen molar-refractivity contribution in [1.82, 2.24) is 15.1 Å². The Kier molecular flexibility index (Phi) is 9.01. The molecule has 0 spiro atoms. The number of nitrogens with one attached hydrogen (secondary N) is 1. The van der Waals surface area contributed by atoms with E-state index in [1.54, 1.807) is 18.2 Å². The Morgan fingerprint density at radius 3 is 2.15 bits per heavy atom. The average molecular weight is 557 g/mol. The number of carbonyl (C=O) groups is 2. The van der Waals surface area contributed by atoms with Gasteiger partial charge in [-0.3, -0.25) is 14.5 Å².